The first-order valence-electron chi connectivity index (χ1n) is 7.97. The van der Waals surface area contributed by atoms with Crippen LogP contribution in [-0.4, -0.2) is 19.0 Å². The molecule has 0 aromatic heterocycles. The molecule has 7 heteroatoms. The topological polar surface area (TPSA) is 79.5 Å². The van der Waals surface area contributed by atoms with E-state index in [4.69, 9.17) is 16.3 Å². The average Bonchev–Trinajstić information content (AvgIpc) is 2.61. The van der Waals surface area contributed by atoms with Crippen molar-refractivity contribution < 1.29 is 14.3 Å². The van der Waals surface area contributed by atoms with Gasteiger partial charge in [-0.2, -0.15) is 0 Å². The molecule has 1 aliphatic heterocycles. The minimum Gasteiger partial charge on any atom is -0.497 e. The number of halogens is 1. The van der Waals surface area contributed by atoms with E-state index in [0.717, 1.165) is 5.56 Å². The number of hydrogen-bond donors (Lipinski definition) is 3. The van der Waals surface area contributed by atoms with Crippen molar-refractivity contribution in [2.45, 2.75) is 13.0 Å². The van der Waals surface area contributed by atoms with Crippen LogP contribution in [0, 0.1) is 0 Å². The van der Waals surface area contributed by atoms with Crippen molar-refractivity contribution in [3.05, 3.63) is 70.4 Å². The molecule has 0 aliphatic carbocycles. The largest absolute Gasteiger partial charge is 0.497 e. The van der Waals surface area contributed by atoms with Crippen molar-refractivity contribution in [1.29, 1.82) is 0 Å². The maximum Gasteiger partial charge on any atom is 0.319 e. The number of carbonyl (C=O) groups is 2. The van der Waals surface area contributed by atoms with Gasteiger partial charge in [0, 0.05) is 22.5 Å². The summed E-state index contributed by atoms with van der Waals surface area (Å²) >= 11 is 5.94. The van der Waals surface area contributed by atoms with Crippen LogP contribution in [0.15, 0.2) is 59.8 Å². The summed E-state index contributed by atoms with van der Waals surface area (Å²) in [5.41, 5.74) is 2.28. The van der Waals surface area contributed by atoms with Gasteiger partial charge in [0.1, 0.15) is 5.75 Å². The molecule has 0 radical (unpaired) electrons. The van der Waals surface area contributed by atoms with Gasteiger partial charge in [-0.1, -0.05) is 29.8 Å². The van der Waals surface area contributed by atoms with Gasteiger partial charge < -0.3 is 20.7 Å². The molecule has 26 heavy (non-hydrogen) atoms. The Morgan fingerprint density at radius 2 is 1.92 bits per heavy atom. The van der Waals surface area contributed by atoms with E-state index in [-0.39, 0.29) is 11.9 Å². The first kappa shape index (κ1) is 17.8. The van der Waals surface area contributed by atoms with Crippen molar-refractivity contribution in [2.24, 2.45) is 0 Å². The molecular weight excluding hydrogens is 354 g/mol. The van der Waals surface area contributed by atoms with Crippen molar-refractivity contribution in [3.63, 3.8) is 0 Å². The van der Waals surface area contributed by atoms with Crippen LogP contribution < -0.4 is 20.7 Å². The number of benzene rings is 2. The Labute approximate surface area is 156 Å². The van der Waals surface area contributed by atoms with E-state index in [9.17, 15) is 9.59 Å². The molecule has 1 atom stereocenters. The van der Waals surface area contributed by atoms with Gasteiger partial charge in [0.2, 0.25) is 0 Å². The summed E-state index contributed by atoms with van der Waals surface area (Å²) in [5, 5.41) is 8.86. The molecule has 0 fully saturated rings. The van der Waals surface area contributed by atoms with Gasteiger partial charge >= 0.3 is 6.03 Å². The molecule has 0 bridgehead atoms. The third kappa shape index (κ3) is 3.81. The van der Waals surface area contributed by atoms with Crippen LogP contribution >= 0.6 is 11.6 Å². The quantitative estimate of drug-likeness (QED) is 0.768. The van der Waals surface area contributed by atoms with Gasteiger partial charge in [0.05, 0.1) is 18.7 Å². The summed E-state index contributed by atoms with van der Waals surface area (Å²) in [7, 11) is 1.56. The lowest BCUT2D eigenvalue weighted by atomic mass is 9.95. The van der Waals surface area contributed by atoms with Gasteiger partial charge in [-0.15, -0.1) is 0 Å². The van der Waals surface area contributed by atoms with Gasteiger partial charge in [0.25, 0.3) is 5.91 Å². The van der Waals surface area contributed by atoms with Crippen LogP contribution in [0.5, 0.6) is 5.75 Å². The number of methoxy groups -OCH3 is 1. The van der Waals surface area contributed by atoms with Crippen LogP contribution in [0.25, 0.3) is 0 Å². The summed E-state index contributed by atoms with van der Waals surface area (Å²) in [6.07, 6.45) is 0. The molecule has 3 N–H and O–H groups in total. The highest BCUT2D eigenvalue weighted by Crippen LogP contribution is 2.29. The highest BCUT2D eigenvalue weighted by atomic mass is 35.5. The van der Waals surface area contributed by atoms with E-state index in [1.165, 1.54) is 0 Å². The Balaban J connectivity index is 1.92. The predicted octanol–water partition coefficient (Wildman–Crippen LogP) is 3.62. The molecule has 3 rings (SSSR count). The first-order chi connectivity index (χ1) is 12.5. The number of allylic oxidation sites excluding steroid dienone is 1. The normalized spacial score (nSPS) is 16.6. The lowest BCUT2D eigenvalue weighted by Crippen LogP contribution is -2.45. The zero-order chi connectivity index (χ0) is 18.7. The van der Waals surface area contributed by atoms with Crippen LogP contribution in [0.3, 0.4) is 0 Å². The van der Waals surface area contributed by atoms with Gasteiger partial charge in [-0.25, -0.2) is 4.79 Å². The van der Waals surface area contributed by atoms with E-state index in [1.54, 1.807) is 62.6 Å². The summed E-state index contributed by atoms with van der Waals surface area (Å²) < 4.78 is 5.17. The summed E-state index contributed by atoms with van der Waals surface area (Å²) in [5.74, 6) is 0.320. The highest BCUT2D eigenvalue weighted by Gasteiger charge is 2.31. The fraction of sp³-hybridized carbons (Fsp3) is 0.158. The second kappa shape index (κ2) is 7.49. The summed E-state index contributed by atoms with van der Waals surface area (Å²) in [4.78, 5) is 24.8. The number of hydrogen-bond acceptors (Lipinski definition) is 3. The number of urea groups is 1. The Morgan fingerprint density at radius 3 is 2.62 bits per heavy atom. The Hall–Kier alpha value is -2.99. The first-order valence-corrected chi connectivity index (χ1v) is 8.35. The SMILES string of the molecule is COc1cccc(NC(=O)C2=C(C)NC(=O)N[C@@H]2c2ccc(Cl)cc2)c1. The van der Waals surface area contributed by atoms with E-state index in [0.29, 0.717) is 27.7 Å². The minimum atomic E-state index is -0.577. The van der Waals surface area contributed by atoms with Crippen LogP contribution in [0.4, 0.5) is 10.5 Å². The zero-order valence-electron chi connectivity index (χ0n) is 14.3. The van der Waals surface area contributed by atoms with Gasteiger partial charge in [-0.05, 0) is 36.8 Å². The maximum atomic E-state index is 12.9. The maximum absolute atomic E-state index is 12.9. The number of ether oxygens (including phenoxy) is 1. The standard InChI is InChI=1S/C19H18ClN3O3/c1-11-16(18(24)22-14-4-3-5-15(10-14)26-2)17(23-19(25)21-11)12-6-8-13(20)9-7-12/h3-10,17H,1-2H3,(H,22,24)(H2,21,23,25)/t17-/m1/s1. The zero-order valence-corrected chi connectivity index (χ0v) is 15.1. The lowest BCUT2D eigenvalue weighted by Gasteiger charge is -2.28. The van der Waals surface area contributed by atoms with Crippen molar-refractivity contribution in [3.8, 4) is 5.75 Å². The third-order valence-electron chi connectivity index (χ3n) is 4.04. The van der Waals surface area contributed by atoms with Crippen LogP contribution in [0.2, 0.25) is 5.02 Å². The summed E-state index contributed by atoms with van der Waals surface area (Å²) in [6.45, 7) is 1.70. The number of amides is 3. The Bertz CT molecular complexity index is 878. The molecule has 2 aromatic rings. The number of rotatable bonds is 4. The van der Waals surface area contributed by atoms with Crippen molar-refractivity contribution in [2.75, 3.05) is 12.4 Å². The van der Waals surface area contributed by atoms with E-state index in [1.807, 2.05) is 0 Å². The van der Waals surface area contributed by atoms with Crippen molar-refractivity contribution in [1.82, 2.24) is 10.6 Å². The van der Waals surface area contributed by atoms with E-state index >= 15 is 0 Å². The fourth-order valence-electron chi connectivity index (χ4n) is 2.80. The monoisotopic (exact) mass is 371 g/mol. The molecule has 1 heterocycles. The number of nitrogens with one attached hydrogen (secondary N) is 3. The Kier molecular flexibility index (Phi) is 5.14. The molecule has 3 amide bonds. The second-order valence-electron chi connectivity index (χ2n) is 5.81. The molecule has 0 saturated carbocycles. The predicted molar refractivity (Wildman–Crippen MR) is 100 cm³/mol. The molecule has 134 valence electrons. The second-order valence-corrected chi connectivity index (χ2v) is 6.24. The minimum absolute atomic E-state index is 0.316. The van der Waals surface area contributed by atoms with Gasteiger partial charge in [0.15, 0.2) is 0 Å². The molecule has 6 nitrogen and oxygen atoms in total. The van der Waals surface area contributed by atoms with Crippen molar-refractivity contribution >= 4 is 29.2 Å². The number of carbonyl (C=O) groups excluding carboxylic acids is 2. The van der Waals surface area contributed by atoms with Crippen LogP contribution in [0.1, 0.15) is 18.5 Å². The molecule has 0 unspecified atom stereocenters. The van der Waals surface area contributed by atoms with E-state index in [2.05, 4.69) is 16.0 Å². The van der Waals surface area contributed by atoms with E-state index < -0.39 is 6.04 Å². The molecule has 0 spiro atoms. The number of anilines is 1. The summed E-state index contributed by atoms with van der Waals surface area (Å²) in [6, 6.07) is 13.1. The third-order valence-corrected chi connectivity index (χ3v) is 4.30. The molecular formula is C19H18ClN3O3. The van der Waals surface area contributed by atoms with Gasteiger partial charge in [-0.3, -0.25) is 4.79 Å². The fourth-order valence-corrected chi connectivity index (χ4v) is 2.93. The smallest absolute Gasteiger partial charge is 0.319 e. The lowest BCUT2D eigenvalue weighted by molar-refractivity contribution is -0.113. The van der Waals surface area contributed by atoms with Crippen LogP contribution in [-0.2, 0) is 4.79 Å². The molecule has 1 aliphatic rings. The highest BCUT2D eigenvalue weighted by molar-refractivity contribution is 6.30. The Morgan fingerprint density at radius 1 is 1.19 bits per heavy atom. The molecule has 0 saturated heterocycles. The molecule has 2 aromatic carbocycles. The average molecular weight is 372 g/mol.